The van der Waals surface area contributed by atoms with Crippen LogP contribution in [0.1, 0.15) is 47.8 Å². The standard InChI is InChI=1S/C20H25O2P/c1-13-10-11-18(16(12-13)15(3)21)23-20(4,5)17-9-7-8-14(2)19(17)22-6/h7-12,23H,1-6H3. The van der Waals surface area contributed by atoms with Crippen LogP contribution in [0.4, 0.5) is 0 Å². The van der Waals surface area contributed by atoms with E-state index in [9.17, 15) is 4.79 Å². The summed E-state index contributed by atoms with van der Waals surface area (Å²) in [5, 5.41) is 1.02. The fraction of sp³-hybridized carbons (Fsp3) is 0.350. The molecule has 0 heterocycles. The van der Waals surface area contributed by atoms with Gasteiger partial charge in [-0.05, 0) is 37.7 Å². The molecule has 0 N–H and O–H groups in total. The van der Waals surface area contributed by atoms with Crippen LogP contribution in [0.25, 0.3) is 0 Å². The van der Waals surface area contributed by atoms with Crippen LogP contribution in [0.5, 0.6) is 5.75 Å². The highest BCUT2D eigenvalue weighted by molar-refractivity contribution is 7.48. The summed E-state index contributed by atoms with van der Waals surface area (Å²) in [4.78, 5) is 12.0. The topological polar surface area (TPSA) is 26.3 Å². The van der Waals surface area contributed by atoms with E-state index in [1.165, 1.54) is 5.56 Å². The lowest BCUT2D eigenvalue weighted by molar-refractivity contribution is 0.101. The lowest BCUT2D eigenvalue weighted by atomic mass is 9.98. The van der Waals surface area contributed by atoms with Gasteiger partial charge < -0.3 is 4.74 Å². The second kappa shape index (κ2) is 6.84. The molecule has 1 unspecified atom stereocenters. The van der Waals surface area contributed by atoms with Crippen molar-refractivity contribution in [3.63, 3.8) is 0 Å². The van der Waals surface area contributed by atoms with E-state index in [0.717, 1.165) is 27.7 Å². The smallest absolute Gasteiger partial charge is 0.160 e. The summed E-state index contributed by atoms with van der Waals surface area (Å²) >= 11 is 0. The highest BCUT2D eigenvalue weighted by atomic mass is 31.1. The average Bonchev–Trinajstić information content (AvgIpc) is 2.48. The predicted octanol–water partition coefficient (Wildman–Crippen LogP) is 4.75. The van der Waals surface area contributed by atoms with Crippen LogP contribution in [0.3, 0.4) is 0 Å². The van der Waals surface area contributed by atoms with Gasteiger partial charge in [0.2, 0.25) is 0 Å². The third kappa shape index (κ3) is 3.82. The van der Waals surface area contributed by atoms with Gasteiger partial charge in [-0.2, -0.15) is 0 Å². The Labute approximate surface area is 141 Å². The van der Waals surface area contributed by atoms with Gasteiger partial charge in [0.15, 0.2) is 5.78 Å². The van der Waals surface area contributed by atoms with Crippen molar-refractivity contribution < 1.29 is 9.53 Å². The SMILES string of the molecule is COc1c(C)cccc1C(C)(C)Pc1ccc(C)cc1C(C)=O. The van der Waals surface area contributed by atoms with Gasteiger partial charge in [-0.3, -0.25) is 4.79 Å². The molecule has 0 saturated carbocycles. The molecule has 0 fully saturated rings. The van der Waals surface area contributed by atoms with Gasteiger partial charge in [0.05, 0.1) is 7.11 Å². The van der Waals surface area contributed by atoms with Gasteiger partial charge in [-0.15, -0.1) is 0 Å². The maximum Gasteiger partial charge on any atom is 0.160 e. The Balaban J connectivity index is 2.47. The molecule has 0 aromatic heterocycles. The Morgan fingerprint density at radius 3 is 2.43 bits per heavy atom. The lowest BCUT2D eigenvalue weighted by Gasteiger charge is -2.29. The van der Waals surface area contributed by atoms with Crippen molar-refractivity contribution in [2.45, 2.75) is 39.8 Å². The van der Waals surface area contributed by atoms with Crippen LogP contribution in [-0.4, -0.2) is 12.9 Å². The summed E-state index contributed by atoms with van der Waals surface area (Å²) in [7, 11) is 2.21. The number of ketones is 1. The molecular formula is C20H25O2P. The summed E-state index contributed by atoms with van der Waals surface area (Å²) in [5.74, 6) is 1.07. The van der Waals surface area contributed by atoms with Crippen molar-refractivity contribution in [3.8, 4) is 5.75 Å². The second-order valence-electron chi connectivity index (χ2n) is 6.51. The van der Waals surface area contributed by atoms with E-state index in [0.29, 0.717) is 8.58 Å². The second-order valence-corrected chi connectivity index (χ2v) is 8.55. The first-order valence-electron chi connectivity index (χ1n) is 7.80. The first-order chi connectivity index (χ1) is 10.8. The van der Waals surface area contributed by atoms with Crippen molar-refractivity contribution in [2.24, 2.45) is 0 Å². The Kier molecular flexibility index (Phi) is 5.26. The first kappa shape index (κ1) is 17.7. The summed E-state index contributed by atoms with van der Waals surface area (Å²) < 4.78 is 5.63. The van der Waals surface area contributed by atoms with Gasteiger partial charge in [0.1, 0.15) is 5.75 Å². The molecule has 0 aliphatic heterocycles. The minimum Gasteiger partial charge on any atom is -0.496 e. The maximum absolute atomic E-state index is 12.0. The zero-order chi connectivity index (χ0) is 17.2. The van der Waals surface area contributed by atoms with Crippen LogP contribution in [0.2, 0.25) is 0 Å². The largest absolute Gasteiger partial charge is 0.496 e. The van der Waals surface area contributed by atoms with Crippen molar-refractivity contribution in [1.82, 2.24) is 0 Å². The number of para-hydroxylation sites is 1. The number of hydrogen-bond donors (Lipinski definition) is 0. The highest BCUT2D eigenvalue weighted by Gasteiger charge is 2.27. The van der Waals surface area contributed by atoms with Gasteiger partial charge in [-0.1, -0.05) is 58.3 Å². The molecule has 2 aromatic rings. The molecule has 23 heavy (non-hydrogen) atoms. The van der Waals surface area contributed by atoms with E-state index >= 15 is 0 Å². The van der Waals surface area contributed by atoms with E-state index in [2.05, 4.69) is 51.1 Å². The number of carbonyl (C=O) groups is 1. The van der Waals surface area contributed by atoms with Crippen molar-refractivity contribution in [3.05, 3.63) is 58.7 Å². The van der Waals surface area contributed by atoms with Crippen molar-refractivity contribution in [2.75, 3.05) is 7.11 Å². The fourth-order valence-electron chi connectivity index (χ4n) is 2.88. The molecule has 2 nitrogen and oxygen atoms in total. The minimum atomic E-state index is -0.100. The number of methoxy groups -OCH3 is 1. The van der Waals surface area contributed by atoms with E-state index in [4.69, 9.17) is 4.74 Å². The molecular weight excluding hydrogens is 303 g/mol. The van der Waals surface area contributed by atoms with Gasteiger partial charge in [-0.25, -0.2) is 0 Å². The monoisotopic (exact) mass is 328 g/mol. The minimum absolute atomic E-state index is 0.100. The molecule has 0 radical (unpaired) electrons. The Bertz CT molecular complexity index is 732. The normalized spacial score (nSPS) is 11.9. The quantitative estimate of drug-likeness (QED) is 0.584. The van der Waals surface area contributed by atoms with Gasteiger partial charge in [0, 0.05) is 16.3 Å². The predicted molar refractivity (Wildman–Crippen MR) is 99.9 cm³/mol. The molecule has 2 aromatic carbocycles. The number of aryl methyl sites for hydroxylation is 2. The summed E-state index contributed by atoms with van der Waals surface area (Å²) in [6, 6.07) is 12.4. The molecule has 0 aliphatic rings. The lowest BCUT2D eigenvalue weighted by Crippen LogP contribution is -2.19. The van der Waals surface area contributed by atoms with Crippen LogP contribution in [0.15, 0.2) is 36.4 Å². The zero-order valence-electron chi connectivity index (χ0n) is 14.8. The van der Waals surface area contributed by atoms with Crippen LogP contribution in [-0.2, 0) is 5.16 Å². The number of carbonyl (C=O) groups excluding carboxylic acids is 1. The molecule has 0 spiro atoms. The van der Waals surface area contributed by atoms with Crippen LogP contribution < -0.4 is 10.0 Å². The summed E-state index contributed by atoms with van der Waals surface area (Å²) in [6.07, 6.45) is 0. The third-order valence-corrected chi connectivity index (χ3v) is 5.69. The molecule has 0 amide bonds. The average molecular weight is 328 g/mol. The zero-order valence-corrected chi connectivity index (χ0v) is 15.8. The number of Topliss-reactive ketones (excluding diaryl/α,β-unsaturated/α-hetero) is 1. The Hall–Kier alpha value is -1.66. The Morgan fingerprint density at radius 1 is 1.13 bits per heavy atom. The number of rotatable bonds is 5. The molecule has 1 atom stereocenters. The van der Waals surface area contributed by atoms with Gasteiger partial charge >= 0.3 is 0 Å². The molecule has 2 rings (SSSR count). The van der Waals surface area contributed by atoms with E-state index in [-0.39, 0.29) is 10.9 Å². The fourth-order valence-corrected chi connectivity index (χ4v) is 4.43. The summed E-state index contributed by atoms with van der Waals surface area (Å²) in [6.45, 7) is 10.2. The molecule has 0 saturated heterocycles. The van der Waals surface area contributed by atoms with Crippen LogP contribution in [0, 0.1) is 13.8 Å². The van der Waals surface area contributed by atoms with E-state index in [1.807, 2.05) is 13.0 Å². The number of benzene rings is 2. The van der Waals surface area contributed by atoms with Crippen LogP contribution >= 0.6 is 8.58 Å². The van der Waals surface area contributed by atoms with Gasteiger partial charge in [0.25, 0.3) is 0 Å². The molecule has 0 aliphatic carbocycles. The Morgan fingerprint density at radius 2 is 1.83 bits per heavy atom. The molecule has 3 heteroatoms. The van der Waals surface area contributed by atoms with Crippen molar-refractivity contribution >= 4 is 19.7 Å². The molecule has 0 bridgehead atoms. The first-order valence-corrected chi connectivity index (χ1v) is 8.80. The number of hydrogen-bond acceptors (Lipinski definition) is 2. The summed E-state index contributed by atoms with van der Waals surface area (Å²) in [5.41, 5.74) is 4.28. The highest BCUT2D eigenvalue weighted by Crippen LogP contribution is 2.45. The number of ether oxygens (including phenoxy) is 1. The molecule has 122 valence electrons. The van der Waals surface area contributed by atoms with Crippen molar-refractivity contribution in [1.29, 1.82) is 0 Å². The maximum atomic E-state index is 12.0. The third-order valence-electron chi connectivity index (χ3n) is 4.09. The van der Waals surface area contributed by atoms with E-state index < -0.39 is 0 Å². The van der Waals surface area contributed by atoms with E-state index in [1.54, 1.807) is 14.0 Å².